The number of halogens is 3. The molecule has 8 heteroatoms. The first-order chi connectivity index (χ1) is 11.6. The molecule has 1 fully saturated rings. The van der Waals surface area contributed by atoms with Gasteiger partial charge in [-0.3, -0.25) is 4.79 Å². The van der Waals surface area contributed by atoms with Gasteiger partial charge in [-0.1, -0.05) is 19.1 Å². The second-order valence-corrected chi connectivity index (χ2v) is 8.27. The van der Waals surface area contributed by atoms with Gasteiger partial charge in [0.25, 0.3) is 0 Å². The fourth-order valence-electron chi connectivity index (χ4n) is 2.78. The molecule has 25 heavy (non-hydrogen) atoms. The van der Waals surface area contributed by atoms with Crippen LogP contribution in [-0.4, -0.2) is 43.3 Å². The van der Waals surface area contributed by atoms with E-state index in [0.717, 1.165) is 12.1 Å². The van der Waals surface area contributed by atoms with Crippen LogP contribution >= 0.6 is 0 Å². The lowest BCUT2D eigenvalue weighted by molar-refractivity contribution is -0.137. The zero-order valence-electron chi connectivity index (χ0n) is 13.8. The number of sulfone groups is 1. The van der Waals surface area contributed by atoms with Gasteiger partial charge in [-0.25, -0.2) is 8.42 Å². The molecule has 1 aliphatic rings. The van der Waals surface area contributed by atoms with Crippen molar-refractivity contribution >= 4 is 21.8 Å². The minimum atomic E-state index is -4.40. The second-order valence-electron chi connectivity index (χ2n) is 6.04. The fourth-order valence-corrected chi connectivity index (χ4v) is 4.51. The standard InChI is InChI=1S/C17H20F3NO3S/c1-2-10-21(15-9-11-25(23,24)12-15)16(22)8-5-13-3-6-14(7-4-13)17(18,19)20/h3-8,15H,2,9-12H2,1H3. The van der Waals surface area contributed by atoms with E-state index >= 15 is 0 Å². The third-order valence-electron chi connectivity index (χ3n) is 4.05. The zero-order valence-corrected chi connectivity index (χ0v) is 14.6. The van der Waals surface area contributed by atoms with E-state index < -0.39 is 21.6 Å². The molecular formula is C17H20F3NO3S. The minimum absolute atomic E-state index is 0.0349. The molecule has 138 valence electrons. The summed E-state index contributed by atoms with van der Waals surface area (Å²) >= 11 is 0. The first kappa shape index (κ1) is 19.5. The molecule has 0 saturated carbocycles. The molecule has 0 aliphatic carbocycles. The molecule has 0 aromatic heterocycles. The normalized spacial score (nSPS) is 20.1. The Balaban J connectivity index is 2.08. The van der Waals surface area contributed by atoms with Gasteiger partial charge in [-0.15, -0.1) is 0 Å². The average Bonchev–Trinajstić information content (AvgIpc) is 2.89. The van der Waals surface area contributed by atoms with Crippen LogP contribution in [0.1, 0.15) is 30.9 Å². The van der Waals surface area contributed by atoms with Crippen LogP contribution in [0.4, 0.5) is 13.2 Å². The first-order valence-corrected chi connectivity index (χ1v) is 9.81. The van der Waals surface area contributed by atoms with Gasteiger partial charge in [0.15, 0.2) is 9.84 Å². The van der Waals surface area contributed by atoms with E-state index in [4.69, 9.17) is 0 Å². The minimum Gasteiger partial charge on any atom is -0.335 e. The van der Waals surface area contributed by atoms with Crippen molar-refractivity contribution in [3.63, 3.8) is 0 Å². The first-order valence-electron chi connectivity index (χ1n) is 7.99. The smallest absolute Gasteiger partial charge is 0.335 e. The molecule has 0 bridgehead atoms. The lowest BCUT2D eigenvalue weighted by Crippen LogP contribution is -2.40. The van der Waals surface area contributed by atoms with E-state index in [1.54, 1.807) is 0 Å². The predicted molar refractivity (Wildman–Crippen MR) is 89.5 cm³/mol. The van der Waals surface area contributed by atoms with Crippen molar-refractivity contribution < 1.29 is 26.4 Å². The molecule has 1 aromatic carbocycles. The lowest BCUT2D eigenvalue weighted by Gasteiger charge is -2.26. The van der Waals surface area contributed by atoms with Gasteiger partial charge in [0, 0.05) is 18.7 Å². The number of amides is 1. The largest absolute Gasteiger partial charge is 0.416 e. The van der Waals surface area contributed by atoms with Gasteiger partial charge >= 0.3 is 6.18 Å². The van der Waals surface area contributed by atoms with Crippen LogP contribution in [0.3, 0.4) is 0 Å². The van der Waals surface area contributed by atoms with E-state index in [-0.39, 0.29) is 23.5 Å². The maximum atomic E-state index is 12.5. The summed E-state index contributed by atoms with van der Waals surface area (Å²) in [5.41, 5.74) is -0.281. The van der Waals surface area contributed by atoms with Crippen LogP contribution < -0.4 is 0 Å². The highest BCUT2D eigenvalue weighted by Crippen LogP contribution is 2.29. The van der Waals surface area contributed by atoms with Crippen LogP contribution in [0.5, 0.6) is 0 Å². The Kier molecular flexibility index (Phi) is 5.92. The Labute approximate surface area is 145 Å². The van der Waals surface area contributed by atoms with Gasteiger partial charge < -0.3 is 4.90 Å². The fraction of sp³-hybridized carbons (Fsp3) is 0.471. The summed E-state index contributed by atoms with van der Waals surface area (Å²) < 4.78 is 60.8. The molecule has 1 atom stereocenters. The van der Waals surface area contributed by atoms with Crippen LogP contribution in [0.15, 0.2) is 30.3 Å². The predicted octanol–water partition coefficient (Wildman–Crippen LogP) is 3.14. The number of hydrogen-bond acceptors (Lipinski definition) is 3. The van der Waals surface area contributed by atoms with E-state index in [1.807, 2.05) is 6.92 Å². The van der Waals surface area contributed by atoms with Crippen LogP contribution in [0.2, 0.25) is 0 Å². The Morgan fingerprint density at radius 3 is 2.40 bits per heavy atom. The number of alkyl halides is 3. The number of benzene rings is 1. The topological polar surface area (TPSA) is 54.5 Å². The summed E-state index contributed by atoms with van der Waals surface area (Å²) in [6.45, 7) is 2.33. The van der Waals surface area contributed by atoms with Crippen molar-refractivity contribution in [3.8, 4) is 0 Å². The summed E-state index contributed by atoms with van der Waals surface area (Å²) in [4.78, 5) is 13.9. The monoisotopic (exact) mass is 375 g/mol. The van der Waals surface area contributed by atoms with Crippen molar-refractivity contribution in [3.05, 3.63) is 41.5 Å². The van der Waals surface area contributed by atoms with Gasteiger partial charge in [0.05, 0.1) is 17.1 Å². The van der Waals surface area contributed by atoms with Crippen LogP contribution in [0, 0.1) is 0 Å². The van der Waals surface area contributed by atoms with Crippen LogP contribution in [0.25, 0.3) is 6.08 Å². The van der Waals surface area contributed by atoms with Crippen LogP contribution in [-0.2, 0) is 20.8 Å². The quantitative estimate of drug-likeness (QED) is 0.743. The molecule has 1 heterocycles. The highest BCUT2D eigenvalue weighted by Gasteiger charge is 2.33. The van der Waals surface area contributed by atoms with E-state index in [0.29, 0.717) is 24.9 Å². The van der Waals surface area contributed by atoms with E-state index in [1.165, 1.54) is 29.2 Å². The third kappa shape index (κ3) is 5.32. The number of carbonyl (C=O) groups excluding carboxylic acids is 1. The van der Waals surface area contributed by atoms with E-state index in [2.05, 4.69) is 0 Å². The third-order valence-corrected chi connectivity index (χ3v) is 5.80. The molecule has 2 rings (SSSR count). The maximum absolute atomic E-state index is 12.5. The molecule has 1 unspecified atom stereocenters. The Hall–Kier alpha value is -1.83. The molecule has 1 aromatic rings. The maximum Gasteiger partial charge on any atom is 0.416 e. The summed E-state index contributed by atoms with van der Waals surface area (Å²) in [6.07, 6.45) is -0.569. The van der Waals surface area contributed by atoms with Gasteiger partial charge in [-0.05, 0) is 36.6 Å². The van der Waals surface area contributed by atoms with Crippen molar-refractivity contribution in [2.24, 2.45) is 0 Å². The number of rotatable bonds is 5. The average molecular weight is 375 g/mol. The zero-order chi connectivity index (χ0) is 18.7. The Morgan fingerprint density at radius 1 is 1.28 bits per heavy atom. The molecule has 0 spiro atoms. The molecule has 4 nitrogen and oxygen atoms in total. The van der Waals surface area contributed by atoms with Gasteiger partial charge in [0.2, 0.25) is 5.91 Å². The van der Waals surface area contributed by atoms with E-state index in [9.17, 15) is 26.4 Å². The molecule has 1 saturated heterocycles. The van der Waals surface area contributed by atoms with Crippen molar-refractivity contribution in [1.82, 2.24) is 4.90 Å². The molecular weight excluding hydrogens is 355 g/mol. The van der Waals surface area contributed by atoms with Crippen molar-refractivity contribution in [2.75, 3.05) is 18.1 Å². The number of nitrogens with zero attached hydrogens (tertiary/aromatic N) is 1. The summed E-state index contributed by atoms with van der Waals surface area (Å²) in [6, 6.07) is 4.15. The molecule has 1 aliphatic heterocycles. The lowest BCUT2D eigenvalue weighted by atomic mass is 10.1. The SMILES string of the molecule is CCCN(C(=O)C=Cc1ccc(C(F)(F)F)cc1)C1CCS(=O)(=O)C1. The highest BCUT2D eigenvalue weighted by atomic mass is 32.2. The molecule has 0 radical (unpaired) electrons. The molecule has 1 amide bonds. The second kappa shape index (κ2) is 7.59. The number of hydrogen-bond donors (Lipinski definition) is 0. The van der Waals surface area contributed by atoms with Crippen molar-refractivity contribution in [2.45, 2.75) is 32.0 Å². The molecule has 0 N–H and O–H groups in total. The summed E-state index contributed by atoms with van der Waals surface area (Å²) in [7, 11) is -3.10. The van der Waals surface area contributed by atoms with Gasteiger partial charge in [0.1, 0.15) is 0 Å². The summed E-state index contributed by atoms with van der Waals surface area (Å²) in [5.74, 6) is -0.287. The van der Waals surface area contributed by atoms with Gasteiger partial charge in [-0.2, -0.15) is 13.2 Å². The Bertz CT molecular complexity index is 739. The number of carbonyl (C=O) groups is 1. The van der Waals surface area contributed by atoms with Crippen molar-refractivity contribution in [1.29, 1.82) is 0 Å². The summed E-state index contributed by atoms with van der Waals surface area (Å²) in [5, 5.41) is 0. The Morgan fingerprint density at radius 2 is 1.92 bits per heavy atom. The highest BCUT2D eigenvalue weighted by molar-refractivity contribution is 7.91.